The van der Waals surface area contributed by atoms with Crippen LogP contribution in [-0.4, -0.2) is 17.1 Å². The van der Waals surface area contributed by atoms with Crippen LogP contribution in [0.2, 0.25) is 0 Å². The molecule has 0 aliphatic carbocycles. The SMILES string of the molecule is O=C1CCC(Cc2c[nH]c3ccccc23)O1. The molecule has 3 nitrogen and oxygen atoms in total. The van der Waals surface area contributed by atoms with Gasteiger partial charge in [-0.05, 0) is 18.1 Å². The Kier molecular flexibility index (Phi) is 2.17. The maximum absolute atomic E-state index is 11.0. The third kappa shape index (κ3) is 1.58. The Balaban J connectivity index is 1.86. The van der Waals surface area contributed by atoms with E-state index in [1.165, 1.54) is 10.9 Å². The molecule has 0 spiro atoms. The van der Waals surface area contributed by atoms with Gasteiger partial charge in [0.1, 0.15) is 6.10 Å². The number of aromatic nitrogens is 1. The van der Waals surface area contributed by atoms with Crippen molar-refractivity contribution in [3.8, 4) is 0 Å². The maximum Gasteiger partial charge on any atom is 0.306 e. The molecule has 3 rings (SSSR count). The number of H-pyrrole nitrogens is 1. The Labute approximate surface area is 93.4 Å². The van der Waals surface area contributed by atoms with Gasteiger partial charge in [-0.2, -0.15) is 0 Å². The summed E-state index contributed by atoms with van der Waals surface area (Å²) < 4.78 is 5.23. The molecule has 1 aromatic carbocycles. The summed E-state index contributed by atoms with van der Waals surface area (Å²) in [7, 11) is 0. The largest absolute Gasteiger partial charge is 0.462 e. The van der Waals surface area contributed by atoms with E-state index in [2.05, 4.69) is 17.1 Å². The number of rotatable bonds is 2. The molecule has 0 radical (unpaired) electrons. The zero-order chi connectivity index (χ0) is 11.0. The summed E-state index contributed by atoms with van der Waals surface area (Å²) in [5.41, 5.74) is 2.37. The Hall–Kier alpha value is -1.77. The standard InChI is InChI=1S/C13H13NO2/c15-13-6-5-10(16-13)7-9-8-14-12-4-2-1-3-11(9)12/h1-4,8,10,14H,5-7H2. The minimum Gasteiger partial charge on any atom is -0.462 e. The number of esters is 1. The number of para-hydroxylation sites is 1. The first-order valence-electron chi connectivity index (χ1n) is 5.57. The van der Waals surface area contributed by atoms with Crippen LogP contribution in [0, 0.1) is 0 Å². The summed E-state index contributed by atoms with van der Waals surface area (Å²) in [6.45, 7) is 0. The zero-order valence-electron chi connectivity index (χ0n) is 8.90. The number of hydrogen-bond donors (Lipinski definition) is 1. The second-order valence-corrected chi connectivity index (χ2v) is 4.21. The Bertz CT molecular complexity index is 529. The molecule has 1 aromatic heterocycles. The minimum absolute atomic E-state index is 0.0618. The van der Waals surface area contributed by atoms with E-state index in [1.54, 1.807) is 0 Å². The van der Waals surface area contributed by atoms with Crippen molar-refractivity contribution in [2.24, 2.45) is 0 Å². The molecule has 0 bridgehead atoms. The van der Waals surface area contributed by atoms with Crippen molar-refractivity contribution in [2.45, 2.75) is 25.4 Å². The van der Waals surface area contributed by atoms with Crippen molar-refractivity contribution >= 4 is 16.9 Å². The Morgan fingerprint density at radius 3 is 3.06 bits per heavy atom. The minimum atomic E-state index is -0.0650. The quantitative estimate of drug-likeness (QED) is 0.782. The van der Waals surface area contributed by atoms with Crippen molar-refractivity contribution in [2.75, 3.05) is 0 Å². The van der Waals surface area contributed by atoms with Crippen LogP contribution in [0.3, 0.4) is 0 Å². The molecule has 1 aliphatic rings. The molecular formula is C13H13NO2. The second kappa shape index (κ2) is 3.67. The van der Waals surface area contributed by atoms with Crippen molar-refractivity contribution < 1.29 is 9.53 Å². The van der Waals surface area contributed by atoms with E-state index in [-0.39, 0.29) is 12.1 Å². The highest BCUT2D eigenvalue weighted by Crippen LogP contribution is 2.23. The highest BCUT2D eigenvalue weighted by atomic mass is 16.5. The molecule has 1 saturated heterocycles. The van der Waals surface area contributed by atoms with Gasteiger partial charge in [-0.25, -0.2) is 0 Å². The van der Waals surface area contributed by atoms with Crippen LogP contribution in [0.5, 0.6) is 0 Å². The molecule has 1 N–H and O–H groups in total. The van der Waals surface area contributed by atoms with Crippen molar-refractivity contribution in [1.29, 1.82) is 0 Å². The molecule has 3 heteroatoms. The van der Waals surface area contributed by atoms with Gasteiger partial charge >= 0.3 is 5.97 Å². The molecule has 1 unspecified atom stereocenters. The maximum atomic E-state index is 11.0. The Morgan fingerprint density at radius 1 is 1.38 bits per heavy atom. The smallest absolute Gasteiger partial charge is 0.306 e. The van der Waals surface area contributed by atoms with E-state index < -0.39 is 0 Å². The molecule has 2 heterocycles. The first kappa shape index (κ1) is 9.46. The highest BCUT2D eigenvalue weighted by Gasteiger charge is 2.24. The van der Waals surface area contributed by atoms with Gasteiger partial charge in [0.25, 0.3) is 0 Å². The van der Waals surface area contributed by atoms with Gasteiger partial charge < -0.3 is 9.72 Å². The number of carbonyl (C=O) groups excluding carboxylic acids is 1. The molecule has 16 heavy (non-hydrogen) atoms. The van der Waals surface area contributed by atoms with E-state index in [9.17, 15) is 4.79 Å². The number of carbonyl (C=O) groups is 1. The molecule has 1 aliphatic heterocycles. The molecule has 82 valence electrons. The lowest BCUT2D eigenvalue weighted by Crippen LogP contribution is -2.09. The van der Waals surface area contributed by atoms with E-state index in [0.717, 1.165) is 18.4 Å². The number of fused-ring (bicyclic) bond motifs is 1. The summed E-state index contributed by atoms with van der Waals surface area (Å²) >= 11 is 0. The van der Waals surface area contributed by atoms with Gasteiger partial charge in [0.05, 0.1) is 0 Å². The topological polar surface area (TPSA) is 42.1 Å². The number of cyclic esters (lactones) is 1. The number of nitrogens with one attached hydrogen (secondary N) is 1. The number of hydrogen-bond acceptors (Lipinski definition) is 2. The second-order valence-electron chi connectivity index (χ2n) is 4.21. The predicted octanol–water partition coefficient (Wildman–Crippen LogP) is 2.42. The number of benzene rings is 1. The summed E-state index contributed by atoms with van der Waals surface area (Å²) in [6.07, 6.45) is 4.30. The third-order valence-electron chi connectivity index (χ3n) is 3.09. The molecule has 0 amide bonds. The van der Waals surface area contributed by atoms with Crippen LogP contribution in [0.1, 0.15) is 18.4 Å². The molecule has 2 aromatic rings. The Morgan fingerprint density at radius 2 is 2.25 bits per heavy atom. The van der Waals surface area contributed by atoms with Crippen molar-refractivity contribution in [3.05, 3.63) is 36.0 Å². The highest BCUT2D eigenvalue weighted by molar-refractivity contribution is 5.83. The third-order valence-corrected chi connectivity index (χ3v) is 3.09. The lowest BCUT2D eigenvalue weighted by atomic mass is 10.1. The summed E-state index contributed by atoms with van der Waals surface area (Å²) in [5.74, 6) is -0.0650. The first-order chi connectivity index (χ1) is 7.83. The van der Waals surface area contributed by atoms with Crippen LogP contribution < -0.4 is 0 Å². The van der Waals surface area contributed by atoms with Gasteiger partial charge in [0, 0.05) is 29.9 Å². The van der Waals surface area contributed by atoms with E-state index in [4.69, 9.17) is 4.74 Å². The van der Waals surface area contributed by atoms with Gasteiger partial charge in [-0.1, -0.05) is 18.2 Å². The van der Waals surface area contributed by atoms with Crippen LogP contribution in [0.4, 0.5) is 0 Å². The zero-order valence-corrected chi connectivity index (χ0v) is 8.90. The van der Waals surface area contributed by atoms with Gasteiger partial charge in [-0.3, -0.25) is 4.79 Å². The van der Waals surface area contributed by atoms with Gasteiger partial charge in [0.15, 0.2) is 0 Å². The summed E-state index contributed by atoms with van der Waals surface area (Å²) in [6, 6.07) is 8.19. The van der Waals surface area contributed by atoms with E-state index >= 15 is 0 Å². The van der Waals surface area contributed by atoms with Crippen LogP contribution in [0.15, 0.2) is 30.5 Å². The van der Waals surface area contributed by atoms with Crippen LogP contribution in [-0.2, 0) is 16.0 Å². The fourth-order valence-corrected chi connectivity index (χ4v) is 2.27. The van der Waals surface area contributed by atoms with Gasteiger partial charge in [0.2, 0.25) is 0 Å². The van der Waals surface area contributed by atoms with E-state index in [1.807, 2.05) is 18.3 Å². The van der Waals surface area contributed by atoms with Crippen LogP contribution >= 0.6 is 0 Å². The number of aromatic amines is 1. The fraction of sp³-hybridized carbons (Fsp3) is 0.308. The van der Waals surface area contributed by atoms with Crippen molar-refractivity contribution in [1.82, 2.24) is 4.98 Å². The monoisotopic (exact) mass is 215 g/mol. The molecular weight excluding hydrogens is 202 g/mol. The molecule has 1 fully saturated rings. The van der Waals surface area contributed by atoms with E-state index in [0.29, 0.717) is 6.42 Å². The normalized spacial score (nSPS) is 20.2. The summed E-state index contributed by atoms with van der Waals surface area (Å²) in [5, 5.41) is 1.23. The lowest BCUT2D eigenvalue weighted by molar-refractivity contribution is -0.141. The molecule has 1 atom stereocenters. The number of ether oxygens (including phenoxy) is 1. The van der Waals surface area contributed by atoms with Crippen LogP contribution in [0.25, 0.3) is 10.9 Å². The predicted molar refractivity (Wildman–Crippen MR) is 61.1 cm³/mol. The average molecular weight is 215 g/mol. The summed E-state index contributed by atoms with van der Waals surface area (Å²) in [4.78, 5) is 14.2. The van der Waals surface area contributed by atoms with Crippen molar-refractivity contribution in [3.63, 3.8) is 0 Å². The first-order valence-corrected chi connectivity index (χ1v) is 5.57. The fourth-order valence-electron chi connectivity index (χ4n) is 2.27. The average Bonchev–Trinajstić information content (AvgIpc) is 2.87. The lowest BCUT2D eigenvalue weighted by Gasteiger charge is -2.07. The van der Waals surface area contributed by atoms with Gasteiger partial charge in [-0.15, -0.1) is 0 Å². The molecule has 0 saturated carbocycles.